The Balaban J connectivity index is 1.68. The van der Waals surface area contributed by atoms with E-state index in [2.05, 4.69) is 4.98 Å². The SMILES string of the molecule is CCn1cncc1-c1ccc(OCc2cccc(C(F)(F)F)c2)cc1. The fourth-order valence-corrected chi connectivity index (χ4v) is 2.54. The number of alkyl halides is 3. The molecule has 0 aliphatic rings. The summed E-state index contributed by atoms with van der Waals surface area (Å²) in [5.74, 6) is 0.601. The molecule has 0 amide bonds. The molecule has 1 aromatic heterocycles. The topological polar surface area (TPSA) is 27.1 Å². The third-order valence-electron chi connectivity index (χ3n) is 3.86. The highest BCUT2D eigenvalue weighted by atomic mass is 19.4. The van der Waals surface area contributed by atoms with E-state index >= 15 is 0 Å². The van der Waals surface area contributed by atoms with Crippen molar-refractivity contribution < 1.29 is 17.9 Å². The zero-order valence-corrected chi connectivity index (χ0v) is 13.6. The Hall–Kier alpha value is -2.76. The maximum atomic E-state index is 12.7. The van der Waals surface area contributed by atoms with Crippen molar-refractivity contribution in [1.82, 2.24) is 9.55 Å². The number of aromatic nitrogens is 2. The van der Waals surface area contributed by atoms with Crippen LogP contribution in [0.1, 0.15) is 18.1 Å². The van der Waals surface area contributed by atoms with Crippen LogP contribution < -0.4 is 4.74 Å². The summed E-state index contributed by atoms with van der Waals surface area (Å²) in [5.41, 5.74) is 1.82. The predicted molar refractivity (Wildman–Crippen MR) is 89.1 cm³/mol. The van der Waals surface area contributed by atoms with Crippen LogP contribution in [-0.4, -0.2) is 9.55 Å². The molecule has 0 bridgehead atoms. The van der Waals surface area contributed by atoms with E-state index in [0.717, 1.165) is 29.9 Å². The average molecular weight is 346 g/mol. The highest BCUT2D eigenvalue weighted by Crippen LogP contribution is 2.30. The van der Waals surface area contributed by atoms with Crippen LogP contribution >= 0.6 is 0 Å². The average Bonchev–Trinajstić information content (AvgIpc) is 3.09. The Bertz CT molecular complexity index is 838. The summed E-state index contributed by atoms with van der Waals surface area (Å²) in [6.07, 6.45) is -0.782. The zero-order chi connectivity index (χ0) is 17.9. The molecule has 6 heteroatoms. The number of aryl methyl sites for hydroxylation is 1. The van der Waals surface area contributed by atoms with Gasteiger partial charge in [-0.1, -0.05) is 12.1 Å². The van der Waals surface area contributed by atoms with Crippen molar-refractivity contribution in [3.8, 4) is 17.0 Å². The number of rotatable bonds is 5. The second-order valence-electron chi connectivity index (χ2n) is 5.58. The third-order valence-corrected chi connectivity index (χ3v) is 3.86. The number of imidazole rings is 1. The molecule has 0 fully saturated rings. The molecule has 0 aliphatic heterocycles. The van der Waals surface area contributed by atoms with Crippen molar-refractivity contribution >= 4 is 0 Å². The monoisotopic (exact) mass is 346 g/mol. The summed E-state index contributed by atoms with van der Waals surface area (Å²) < 4.78 is 45.8. The van der Waals surface area contributed by atoms with Crippen LogP contribution in [0.5, 0.6) is 5.75 Å². The van der Waals surface area contributed by atoms with Gasteiger partial charge in [0.25, 0.3) is 0 Å². The predicted octanol–water partition coefficient (Wildman–Crippen LogP) is 5.17. The van der Waals surface area contributed by atoms with Gasteiger partial charge < -0.3 is 9.30 Å². The smallest absolute Gasteiger partial charge is 0.416 e. The number of hydrogen-bond acceptors (Lipinski definition) is 2. The zero-order valence-electron chi connectivity index (χ0n) is 13.6. The summed E-state index contributed by atoms with van der Waals surface area (Å²) in [4.78, 5) is 4.14. The summed E-state index contributed by atoms with van der Waals surface area (Å²) in [7, 11) is 0. The van der Waals surface area contributed by atoms with Gasteiger partial charge in [0.15, 0.2) is 0 Å². The van der Waals surface area contributed by atoms with Gasteiger partial charge in [-0.2, -0.15) is 13.2 Å². The van der Waals surface area contributed by atoms with Crippen LogP contribution in [0.15, 0.2) is 61.1 Å². The highest BCUT2D eigenvalue weighted by molar-refractivity contribution is 5.59. The van der Waals surface area contributed by atoms with Crippen LogP contribution in [0, 0.1) is 0 Å². The summed E-state index contributed by atoms with van der Waals surface area (Å²) in [6.45, 7) is 2.94. The minimum atomic E-state index is -4.35. The van der Waals surface area contributed by atoms with Crippen molar-refractivity contribution in [3.05, 3.63) is 72.2 Å². The molecule has 0 atom stereocenters. The second-order valence-corrected chi connectivity index (χ2v) is 5.58. The van der Waals surface area contributed by atoms with Gasteiger partial charge in [-0.3, -0.25) is 0 Å². The standard InChI is InChI=1S/C19H17F3N2O/c1-2-24-13-23-11-18(24)15-6-8-17(9-7-15)25-12-14-4-3-5-16(10-14)19(20,21)22/h3-11,13H,2,12H2,1H3. The first-order chi connectivity index (χ1) is 12.0. The first-order valence-electron chi connectivity index (χ1n) is 7.87. The van der Waals surface area contributed by atoms with E-state index in [1.165, 1.54) is 6.07 Å². The van der Waals surface area contributed by atoms with Gasteiger partial charge in [-0.15, -0.1) is 0 Å². The van der Waals surface area contributed by atoms with Crippen molar-refractivity contribution in [2.45, 2.75) is 26.3 Å². The van der Waals surface area contributed by atoms with E-state index < -0.39 is 11.7 Å². The Labute approximate surface area is 143 Å². The van der Waals surface area contributed by atoms with E-state index in [0.29, 0.717) is 11.3 Å². The fraction of sp³-hybridized carbons (Fsp3) is 0.211. The number of nitrogens with zero attached hydrogens (tertiary/aromatic N) is 2. The van der Waals surface area contributed by atoms with Gasteiger partial charge in [0.05, 0.1) is 23.8 Å². The lowest BCUT2D eigenvalue weighted by atomic mass is 10.1. The summed E-state index contributed by atoms with van der Waals surface area (Å²) in [6, 6.07) is 12.6. The molecule has 0 unspecified atom stereocenters. The molecule has 0 spiro atoms. The van der Waals surface area contributed by atoms with Crippen LogP contribution in [-0.2, 0) is 19.3 Å². The third kappa shape index (κ3) is 4.02. The lowest BCUT2D eigenvalue weighted by molar-refractivity contribution is -0.137. The Morgan fingerprint density at radius 2 is 1.84 bits per heavy atom. The number of ether oxygens (including phenoxy) is 1. The van der Waals surface area contributed by atoms with Gasteiger partial charge in [0.1, 0.15) is 12.4 Å². The van der Waals surface area contributed by atoms with E-state index in [9.17, 15) is 13.2 Å². The molecule has 25 heavy (non-hydrogen) atoms. The number of hydrogen-bond donors (Lipinski definition) is 0. The molecule has 0 radical (unpaired) electrons. The Kier molecular flexibility index (Phi) is 4.79. The molecule has 3 rings (SSSR count). The van der Waals surface area contributed by atoms with Gasteiger partial charge in [0, 0.05) is 12.1 Å². The van der Waals surface area contributed by atoms with Crippen LogP contribution in [0.4, 0.5) is 13.2 Å². The van der Waals surface area contributed by atoms with Gasteiger partial charge >= 0.3 is 6.18 Å². The lowest BCUT2D eigenvalue weighted by Gasteiger charge is -2.11. The van der Waals surface area contributed by atoms with E-state index in [1.54, 1.807) is 30.7 Å². The van der Waals surface area contributed by atoms with Crippen molar-refractivity contribution in [2.24, 2.45) is 0 Å². The first kappa shape index (κ1) is 17.1. The molecule has 0 saturated heterocycles. The van der Waals surface area contributed by atoms with Gasteiger partial charge in [-0.05, 0) is 48.9 Å². The molecule has 1 heterocycles. The lowest BCUT2D eigenvalue weighted by Crippen LogP contribution is -2.06. The maximum absolute atomic E-state index is 12.7. The second kappa shape index (κ2) is 7.01. The summed E-state index contributed by atoms with van der Waals surface area (Å²) >= 11 is 0. The first-order valence-corrected chi connectivity index (χ1v) is 7.87. The molecule has 0 aliphatic carbocycles. The number of halogens is 3. The molecule has 3 aromatic rings. The van der Waals surface area contributed by atoms with E-state index in [1.807, 2.05) is 23.6 Å². The molecular formula is C19H17F3N2O. The van der Waals surface area contributed by atoms with E-state index in [-0.39, 0.29) is 6.61 Å². The molecule has 0 saturated carbocycles. The summed E-state index contributed by atoms with van der Waals surface area (Å²) in [5, 5.41) is 0. The van der Waals surface area contributed by atoms with E-state index in [4.69, 9.17) is 4.74 Å². The molecular weight excluding hydrogens is 329 g/mol. The van der Waals surface area contributed by atoms with Crippen molar-refractivity contribution in [1.29, 1.82) is 0 Å². The molecule has 130 valence electrons. The van der Waals surface area contributed by atoms with Crippen molar-refractivity contribution in [2.75, 3.05) is 0 Å². The van der Waals surface area contributed by atoms with Crippen LogP contribution in [0.3, 0.4) is 0 Å². The quantitative estimate of drug-likeness (QED) is 0.637. The Morgan fingerprint density at radius 1 is 1.08 bits per heavy atom. The van der Waals surface area contributed by atoms with Crippen LogP contribution in [0.25, 0.3) is 11.3 Å². The maximum Gasteiger partial charge on any atom is 0.416 e. The molecule has 0 N–H and O–H groups in total. The Morgan fingerprint density at radius 3 is 2.52 bits per heavy atom. The van der Waals surface area contributed by atoms with Crippen LogP contribution in [0.2, 0.25) is 0 Å². The van der Waals surface area contributed by atoms with Gasteiger partial charge in [0.2, 0.25) is 0 Å². The fourth-order valence-electron chi connectivity index (χ4n) is 2.54. The molecule has 3 nitrogen and oxygen atoms in total. The minimum absolute atomic E-state index is 0.0795. The number of benzene rings is 2. The van der Waals surface area contributed by atoms with Crippen molar-refractivity contribution in [3.63, 3.8) is 0 Å². The largest absolute Gasteiger partial charge is 0.489 e. The normalized spacial score (nSPS) is 11.5. The van der Waals surface area contributed by atoms with Gasteiger partial charge in [-0.25, -0.2) is 4.98 Å². The minimum Gasteiger partial charge on any atom is -0.489 e. The highest BCUT2D eigenvalue weighted by Gasteiger charge is 2.30. The molecule has 2 aromatic carbocycles.